The Kier molecular flexibility index (Phi) is 6.25. The minimum atomic E-state index is -3.58. The van der Waals surface area contributed by atoms with E-state index in [-0.39, 0.29) is 5.37 Å². The standard InChI is InChI=1S/C18H23NO5S3/c1-5-12-6-7-17(26-12)27(20,21)19-8-9-25-18(19)13-10-15(23-3)16(24-4)11-14(13)22-2/h6-7,10-11,18H,5,8-9H2,1-4H3. The molecule has 0 spiro atoms. The van der Waals surface area contributed by atoms with Crippen molar-refractivity contribution in [2.24, 2.45) is 0 Å². The third-order valence-corrected chi connectivity index (χ3v) is 9.34. The lowest BCUT2D eigenvalue weighted by molar-refractivity contribution is 0.344. The molecule has 0 saturated carbocycles. The van der Waals surface area contributed by atoms with Gasteiger partial charge in [0.05, 0.1) is 26.7 Å². The fraction of sp³-hybridized carbons (Fsp3) is 0.444. The van der Waals surface area contributed by atoms with E-state index in [1.54, 1.807) is 55.6 Å². The van der Waals surface area contributed by atoms with Crippen molar-refractivity contribution in [3.63, 3.8) is 0 Å². The van der Waals surface area contributed by atoms with Crippen LogP contribution < -0.4 is 14.2 Å². The molecular formula is C18H23NO5S3. The summed E-state index contributed by atoms with van der Waals surface area (Å²) in [5.74, 6) is 2.38. The molecule has 1 aliphatic heterocycles. The number of thiophene rings is 1. The van der Waals surface area contributed by atoms with Gasteiger partial charge in [-0.25, -0.2) is 8.42 Å². The summed E-state index contributed by atoms with van der Waals surface area (Å²) < 4.78 is 44.7. The molecule has 1 fully saturated rings. The highest BCUT2D eigenvalue weighted by atomic mass is 32.2. The molecule has 3 rings (SSSR count). The topological polar surface area (TPSA) is 65.1 Å². The molecule has 27 heavy (non-hydrogen) atoms. The highest BCUT2D eigenvalue weighted by molar-refractivity contribution is 8.01. The third-order valence-electron chi connectivity index (χ3n) is 4.40. The van der Waals surface area contributed by atoms with Crippen LogP contribution in [-0.4, -0.2) is 46.4 Å². The molecule has 1 aliphatic rings. The maximum absolute atomic E-state index is 13.3. The van der Waals surface area contributed by atoms with Gasteiger partial charge in [0, 0.05) is 28.8 Å². The summed E-state index contributed by atoms with van der Waals surface area (Å²) in [6, 6.07) is 7.12. The molecule has 0 radical (unpaired) electrons. The zero-order valence-corrected chi connectivity index (χ0v) is 18.2. The Balaban J connectivity index is 2.03. The molecule has 2 heterocycles. The van der Waals surface area contributed by atoms with Crippen LogP contribution in [0.25, 0.3) is 0 Å². The van der Waals surface area contributed by atoms with Crippen LogP contribution in [0.5, 0.6) is 17.2 Å². The largest absolute Gasteiger partial charge is 0.496 e. The smallest absolute Gasteiger partial charge is 0.253 e. The summed E-state index contributed by atoms with van der Waals surface area (Å²) in [6.07, 6.45) is 0.821. The molecular weight excluding hydrogens is 406 g/mol. The van der Waals surface area contributed by atoms with Gasteiger partial charge in [-0.05, 0) is 24.6 Å². The molecule has 1 aromatic heterocycles. The van der Waals surface area contributed by atoms with Crippen LogP contribution in [0, 0.1) is 0 Å². The van der Waals surface area contributed by atoms with Gasteiger partial charge in [-0.1, -0.05) is 6.92 Å². The van der Waals surface area contributed by atoms with Gasteiger partial charge in [0.1, 0.15) is 9.96 Å². The second-order valence-corrected chi connectivity index (χ2v) is 10.3. The van der Waals surface area contributed by atoms with Crippen LogP contribution in [0.4, 0.5) is 0 Å². The van der Waals surface area contributed by atoms with Gasteiger partial charge in [0.2, 0.25) is 0 Å². The van der Waals surface area contributed by atoms with Gasteiger partial charge in [-0.15, -0.1) is 23.1 Å². The summed E-state index contributed by atoms with van der Waals surface area (Å²) in [5, 5.41) is -0.378. The van der Waals surface area contributed by atoms with Crippen LogP contribution in [0.1, 0.15) is 22.7 Å². The van der Waals surface area contributed by atoms with Gasteiger partial charge in [0.25, 0.3) is 10.0 Å². The van der Waals surface area contributed by atoms with Gasteiger partial charge in [0.15, 0.2) is 11.5 Å². The molecule has 1 unspecified atom stereocenters. The third kappa shape index (κ3) is 3.78. The zero-order chi connectivity index (χ0) is 19.6. The van der Waals surface area contributed by atoms with E-state index in [0.717, 1.165) is 16.9 Å². The predicted molar refractivity (Wildman–Crippen MR) is 109 cm³/mol. The highest BCUT2D eigenvalue weighted by Crippen LogP contribution is 2.48. The first-order valence-corrected chi connectivity index (χ1v) is 11.8. The zero-order valence-electron chi connectivity index (χ0n) is 15.7. The number of hydrogen-bond acceptors (Lipinski definition) is 7. The van der Waals surface area contributed by atoms with Crippen LogP contribution in [0.15, 0.2) is 28.5 Å². The molecule has 0 bridgehead atoms. The maximum atomic E-state index is 13.3. The first kappa shape index (κ1) is 20.3. The van der Waals surface area contributed by atoms with Crippen molar-refractivity contribution >= 4 is 33.1 Å². The van der Waals surface area contributed by atoms with E-state index in [0.29, 0.717) is 33.8 Å². The first-order chi connectivity index (χ1) is 13.0. The monoisotopic (exact) mass is 429 g/mol. The van der Waals surface area contributed by atoms with Gasteiger partial charge in [-0.3, -0.25) is 0 Å². The number of thioether (sulfide) groups is 1. The summed E-state index contributed by atoms with van der Waals surface area (Å²) in [4.78, 5) is 1.06. The second-order valence-electron chi connectivity index (χ2n) is 5.86. The number of sulfonamides is 1. The molecule has 0 amide bonds. The van der Waals surface area contributed by atoms with E-state index in [1.807, 2.05) is 13.0 Å². The Morgan fingerprint density at radius 2 is 1.74 bits per heavy atom. The Morgan fingerprint density at radius 1 is 1.07 bits per heavy atom. The molecule has 148 valence electrons. The fourth-order valence-corrected chi connectivity index (χ4v) is 7.67. The lowest BCUT2D eigenvalue weighted by Gasteiger charge is -2.25. The Bertz CT molecular complexity index is 910. The van der Waals surface area contributed by atoms with Gasteiger partial charge < -0.3 is 14.2 Å². The Hall–Kier alpha value is -1.42. The number of ether oxygens (including phenoxy) is 3. The van der Waals surface area contributed by atoms with E-state index in [1.165, 1.54) is 11.3 Å². The van der Waals surface area contributed by atoms with Crippen molar-refractivity contribution in [2.45, 2.75) is 22.9 Å². The summed E-state index contributed by atoms with van der Waals surface area (Å²) in [6.45, 7) is 2.47. The molecule has 0 N–H and O–H groups in total. The van der Waals surface area contributed by atoms with E-state index < -0.39 is 10.0 Å². The first-order valence-electron chi connectivity index (χ1n) is 8.48. The van der Waals surface area contributed by atoms with Crippen LogP contribution in [0.2, 0.25) is 0 Å². The summed E-state index contributed by atoms with van der Waals surface area (Å²) in [7, 11) is 1.10. The molecule has 9 heteroatoms. The van der Waals surface area contributed by atoms with Crippen molar-refractivity contribution in [1.82, 2.24) is 4.31 Å². The molecule has 1 atom stereocenters. The van der Waals surface area contributed by atoms with E-state index in [2.05, 4.69) is 0 Å². The molecule has 0 aliphatic carbocycles. The Morgan fingerprint density at radius 3 is 2.33 bits per heavy atom. The van der Waals surface area contributed by atoms with E-state index in [4.69, 9.17) is 14.2 Å². The number of methoxy groups -OCH3 is 3. The number of rotatable bonds is 7. The van der Waals surface area contributed by atoms with E-state index in [9.17, 15) is 8.42 Å². The average Bonchev–Trinajstić information content (AvgIpc) is 3.36. The summed E-state index contributed by atoms with van der Waals surface area (Å²) in [5.41, 5.74) is 0.758. The second kappa shape index (κ2) is 8.30. The van der Waals surface area contributed by atoms with E-state index >= 15 is 0 Å². The highest BCUT2D eigenvalue weighted by Gasteiger charge is 2.39. The number of nitrogens with zero attached hydrogens (tertiary/aromatic N) is 1. The minimum Gasteiger partial charge on any atom is -0.496 e. The molecule has 1 aromatic carbocycles. The van der Waals surface area contributed by atoms with Crippen molar-refractivity contribution in [3.8, 4) is 17.2 Å². The fourth-order valence-electron chi connectivity index (χ4n) is 2.99. The minimum absolute atomic E-state index is 0.378. The van der Waals surface area contributed by atoms with Crippen LogP contribution >= 0.6 is 23.1 Å². The molecule has 1 saturated heterocycles. The van der Waals surface area contributed by atoms with Crippen LogP contribution in [0.3, 0.4) is 0 Å². The SMILES string of the molecule is CCc1ccc(S(=O)(=O)N2CCSC2c2cc(OC)c(OC)cc2OC)s1. The number of aryl methyl sites for hydroxylation is 1. The van der Waals surface area contributed by atoms with Gasteiger partial charge >= 0.3 is 0 Å². The van der Waals surface area contributed by atoms with Crippen molar-refractivity contribution in [3.05, 3.63) is 34.7 Å². The molecule has 2 aromatic rings. The molecule has 6 nitrogen and oxygen atoms in total. The van der Waals surface area contributed by atoms with Crippen molar-refractivity contribution in [2.75, 3.05) is 33.6 Å². The quantitative estimate of drug-likeness (QED) is 0.668. The predicted octanol–water partition coefficient (Wildman–Crippen LogP) is 3.77. The normalized spacial score (nSPS) is 17.9. The van der Waals surface area contributed by atoms with Gasteiger partial charge in [-0.2, -0.15) is 4.31 Å². The number of hydrogen-bond donors (Lipinski definition) is 0. The maximum Gasteiger partial charge on any atom is 0.253 e. The summed E-state index contributed by atoms with van der Waals surface area (Å²) >= 11 is 2.91. The average molecular weight is 430 g/mol. The van der Waals surface area contributed by atoms with Crippen LogP contribution in [-0.2, 0) is 16.4 Å². The Labute approximate surface area is 168 Å². The lowest BCUT2D eigenvalue weighted by atomic mass is 10.1. The lowest BCUT2D eigenvalue weighted by Crippen LogP contribution is -2.30. The van der Waals surface area contributed by atoms with Crippen molar-refractivity contribution in [1.29, 1.82) is 0 Å². The van der Waals surface area contributed by atoms with Crippen molar-refractivity contribution < 1.29 is 22.6 Å². The number of benzene rings is 1.